The number of benzene rings is 1. The zero-order valence-electron chi connectivity index (χ0n) is 14.1. The molecule has 1 aliphatic heterocycles. The van der Waals surface area contributed by atoms with Gasteiger partial charge in [-0.25, -0.2) is 4.79 Å². The third-order valence-electron chi connectivity index (χ3n) is 3.85. The summed E-state index contributed by atoms with van der Waals surface area (Å²) in [5.74, 6) is 1.65. The predicted octanol–water partition coefficient (Wildman–Crippen LogP) is 1.93. The van der Waals surface area contributed by atoms with E-state index in [0.717, 1.165) is 29.0 Å². The number of carbonyl (C=O) groups excluding carboxylic acids is 1. The minimum Gasteiger partial charge on any atom is -0.494 e. The van der Waals surface area contributed by atoms with Crippen LogP contribution in [-0.2, 0) is 13.0 Å². The maximum Gasteiger partial charge on any atom is 0.317 e. The van der Waals surface area contributed by atoms with E-state index in [1.54, 1.807) is 4.90 Å². The topological polar surface area (TPSA) is 71.0 Å². The molecule has 0 aromatic heterocycles. The number of urea groups is 1. The van der Waals surface area contributed by atoms with E-state index >= 15 is 0 Å². The molecule has 2 amide bonds. The number of amides is 2. The molecule has 0 aliphatic carbocycles. The highest BCUT2D eigenvalue weighted by molar-refractivity contribution is 5.74. The highest BCUT2D eigenvalue weighted by Crippen LogP contribution is 2.35. The van der Waals surface area contributed by atoms with E-state index in [9.17, 15) is 4.79 Å². The Labute approximate surface area is 137 Å². The monoisotopic (exact) mass is 322 g/mol. The van der Waals surface area contributed by atoms with Gasteiger partial charge in [0.1, 0.15) is 17.6 Å². The minimum absolute atomic E-state index is 0.0456. The number of likely N-dealkylation sites (N-methyl/N-ethyl adjacent to an activating group) is 1. The third kappa shape index (κ3) is 4.28. The first-order chi connectivity index (χ1) is 11.1. The quantitative estimate of drug-likeness (QED) is 0.805. The summed E-state index contributed by atoms with van der Waals surface area (Å²) >= 11 is 0. The van der Waals surface area contributed by atoms with Crippen molar-refractivity contribution < 1.29 is 19.4 Å². The van der Waals surface area contributed by atoms with Crippen LogP contribution in [-0.4, -0.2) is 48.4 Å². The summed E-state index contributed by atoms with van der Waals surface area (Å²) in [7, 11) is 0. The van der Waals surface area contributed by atoms with Crippen LogP contribution in [0.25, 0.3) is 0 Å². The molecule has 1 unspecified atom stereocenters. The van der Waals surface area contributed by atoms with Gasteiger partial charge in [-0.05, 0) is 32.9 Å². The van der Waals surface area contributed by atoms with Crippen molar-refractivity contribution in [3.05, 3.63) is 23.3 Å². The van der Waals surface area contributed by atoms with Crippen LogP contribution in [0.5, 0.6) is 11.5 Å². The number of rotatable bonds is 7. The molecule has 0 radical (unpaired) electrons. The second kappa shape index (κ2) is 8.06. The number of carbonyl (C=O) groups is 1. The highest BCUT2D eigenvalue weighted by atomic mass is 16.5. The van der Waals surface area contributed by atoms with Crippen LogP contribution >= 0.6 is 0 Å². The molecule has 1 atom stereocenters. The van der Waals surface area contributed by atoms with Gasteiger partial charge in [0, 0.05) is 37.2 Å². The molecule has 0 spiro atoms. The largest absolute Gasteiger partial charge is 0.494 e. The lowest BCUT2D eigenvalue weighted by Crippen LogP contribution is -2.41. The number of hydrogen-bond acceptors (Lipinski definition) is 4. The molecule has 1 heterocycles. The van der Waals surface area contributed by atoms with Gasteiger partial charge in [-0.3, -0.25) is 0 Å². The fourth-order valence-corrected chi connectivity index (χ4v) is 2.72. The van der Waals surface area contributed by atoms with E-state index in [2.05, 4.69) is 5.32 Å². The van der Waals surface area contributed by atoms with Gasteiger partial charge in [0.15, 0.2) is 0 Å². The molecule has 1 aliphatic rings. The fraction of sp³-hybridized carbons (Fsp3) is 0.588. The molecule has 23 heavy (non-hydrogen) atoms. The highest BCUT2D eigenvalue weighted by Gasteiger charge is 2.22. The molecule has 2 rings (SSSR count). The summed E-state index contributed by atoms with van der Waals surface area (Å²) < 4.78 is 11.5. The summed E-state index contributed by atoms with van der Waals surface area (Å²) in [6, 6.07) is 3.76. The SMILES string of the molecule is CCOc1cc2c(cc1CNC(=O)N(CC)CCO)OC(C)C2. The van der Waals surface area contributed by atoms with Crippen LogP contribution in [0.1, 0.15) is 31.9 Å². The van der Waals surface area contributed by atoms with Crippen molar-refractivity contribution in [2.45, 2.75) is 39.8 Å². The smallest absolute Gasteiger partial charge is 0.317 e. The molecule has 0 saturated carbocycles. The van der Waals surface area contributed by atoms with Gasteiger partial charge in [-0.15, -0.1) is 0 Å². The van der Waals surface area contributed by atoms with Crippen molar-refractivity contribution in [1.82, 2.24) is 10.2 Å². The Balaban J connectivity index is 2.09. The summed E-state index contributed by atoms with van der Waals surface area (Å²) in [6.07, 6.45) is 1.05. The predicted molar refractivity (Wildman–Crippen MR) is 88.0 cm³/mol. The summed E-state index contributed by atoms with van der Waals surface area (Å²) in [5.41, 5.74) is 2.04. The molecule has 2 N–H and O–H groups in total. The first-order valence-electron chi connectivity index (χ1n) is 8.17. The van der Waals surface area contributed by atoms with Crippen molar-refractivity contribution in [3.63, 3.8) is 0 Å². The molecule has 1 aromatic rings. The van der Waals surface area contributed by atoms with E-state index in [0.29, 0.717) is 26.2 Å². The number of fused-ring (bicyclic) bond motifs is 1. The van der Waals surface area contributed by atoms with Crippen LogP contribution in [0.4, 0.5) is 4.79 Å². The Morgan fingerprint density at radius 2 is 2.26 bits per heavy atom. The van der Waals surface area contributed by atoms with Crippen molar-refractivity contribution in [3.8, 4) is 11.5 Å². The number of nitrogens with zero attached hydrogens (tertiary/aromatic N) is 1. The zero-order valence-corrected chi connectivity index (χ0v) is 14.1. The Hall–Kier alpha value is -1.95. The Kier molecular flexibility index (Phi) is 6.10. The van der Waals surface area contributed by atoms with Crippen molar-refractivity contribution >= 4 is 6.03 Å². The van der Waals surface area contributed by atoms with Crippen LogP contribution in [0.15, 0.2) is 12.1 Å². The molecule has 0 saturated heterocycles. The summed E-state index contributed by atoms with van der Waals surface area (Å²) in [5, 5.41) is 11.9. The molecule has 0 fully saturated rings. The van der Waals surface area contributed by atoms with Crippen LogP contribution in [0.2, 0.25) is 0 Å². The average Bonchev–Trinajstić information content (AvgIpc) is 2.89. The lowest BCUT2D eigenvalue weighted by atomic mass is 10.1. The maximum atomic E-state index is 12.1. The van der Waals surface area contributed by atoms with Gasteiger partial charge in [-0.1, -0.05) is 0 Å². The van der Waals surface area contributed by atoms with E-state index in [-0.39, 0.29) is 18.7 Å². The second-order valence-electron chi connectivity index (χ2n) is 5.60. The second-order valence-corrected chi connectivity index (χ2v) is 5.60. The number of aliphatic hydroxyl groups excluding tert-OH is 1. The van der Waals surface area contributed by atoms with Crippen LogP contribution in [0, 0.1) is 0 Å². The van der Waals surface area contributed by atoms with Gasteiger partial charge in [0.05, 0.1) is 13.2 Å². The standard InChI is InChI=1S/C17H26N2O4/c1-4-19(6-7-20)17(21)18-11-14-10-16-13(8-12(3)23-16)9-15(14)22-5-2/h9-10,12,20H,4-8,11H2,1-3H3,(H,18,21). The van der Waals surface area contributed by atoms with Gasteiger partial charge in [0.2, 0.25) is 0 Å². The fourth-order valence-electron chi connectivity index (χ4n) is 2.72. The lowest BCUT2D eigenvalue weighted by Gasteiger charge is -2.21. The van der Waals surface area contributed by atoms with Gasteiger partial charge in [-0.2, -0.15) is 0 Å². The number of ether oxygens (including phenoxy) is 2. The summed E-state index contributed by atoms with van der Waals surface area (Å²) in [4.78, 5) is 13.7. The van der Waals surface area contributed by atoms with Crippen molar-refractivity contribution in [2.75, 3.05) is 26.3 Å². The van der Waals surface area contributed by atoms with E-state index in [1.165, 1.54) is 0 Å². The van der Waals surface area contributed by atoms with E-state index in [4.69, 9.17) is 14.6 Å². The molecule has 1 aromatic carbocycles. The summed E-state index contributed by atoms with van der Waals surface area (Å²) in [6.45, 7) is 7.62. The van der Waals surface area contributed by atoms with Crippen LogP contribution < -0.4 is 14.8 Å². The Morgan fingerprint density at radius 3 is 2.91 bits per heavy atom. The maximum absolute atomic E-state index is 12.1. The Morgan fingerprint density at radius 1 is 1.48 bits per heavy atom. The molecular formula is C17H26N2O4. The number of aliphatic hydroxyl groups is 1. The number of hydrogen-bond donors (Lipinski definition) is 2. The first-order valence-corrected chi connectivity index (χ1v) is 8.17. The number of nitrogens with one attached hydrogen (secondary N) is 1. The van der Waals surface area contributed by atoms with Gasteiger partial charge < -0.3 is 24.8 Å². The normalized spacial score (nSPS) is 15.7. The lowest BCUT2D eigenvalue weighted by molar-refractivity contribution is 0.180. The van der Waals surface area contributed by atoms with Crippen LogP contribution in [0.3, 0.4) is 0 Å². The molecule has 6 heteroatoms. The third-order valence-corrected chi connectivity index (χ3v) is 3.85. The molecule has 0 bridgehead atoms. The zero-order chi connectivity index (χ0) is 16.8. The minimum atomic E-state index is -0.196. The molecule has 128 valence electrons. The van der Waals surface area contributed by atoms with Crippen molar-refractivity contribution in [1.29, 1.82) is 0 Å². The van der Waals surface area contributed by atoms with Gasteiger partial charge in [0.25, 0.3) is 0 Å². The average molecular weight is 322 g/mol. The molecular weight excluding hydrogens is 296 g/mol. The Bertz CT molecular complexity index is 548. The first kappa shape index (κ1) is 17.4. The van der Waals surface area contributed by atoms with E-state index in [1.807, 2.05) is 32.9 Å². The van der Waals surface area contributed by atoms with Gasteiger partial charge >= 0.3 is 6.03 Å². The van der Waals surface area contributed by atoms with Crippen molar-refractivity contribution in [2.24, 2.45) is 0 Å². The van der Waals surface area contributed by atoms with E-state index < -0.39 is 0 Å². The molecule has 6 nitrogen and oxygen atoms in total.